The summed E-state index contributed by atoms with van der Waals surface area (Å²) in [5.41, 5.74) is 0. The van der Waals surface area contributed by atoms with Crippen molar-refractivity contribution in [3.63, 3.8) is 0 Å². The van der Waals surface area contributed by atoms with Crippen LogP contribution in [-0.2, 0) is 9.47 Å². The van der Waals surface area contributed by atoms with Gasteiger partial charge in [0.25, 0.3) is 0 Å². The molecule has 0 saturated heterocycles. The number of allylic oxidation sites excluding steroid dienone is 2. The fourth-order valence-electron chi connectivity index (χ4n) is 1.19. The minimum atomic E-state index is -0.0184. The van der Waals surface area contributed by atoms with Crippen LogP contribution in [0.25, 0.3) is 0 Å². The van der Waals surface area contributed by atoms with Crippen LogP contribution in [0.5, 0.6) is 0 Å². The molecule has 2 nitrogen and oxygen atoms in total. The van der Waals surface area contributed by atoms with Gasteiger partial charge >= 0.3 is 0 Å². The van der Waals surface area contributed by atoms with Gasteiger partial charge in [0, 0.05) is 14.2 Å². The molecule has 0 saturated carbocycles. The molecule has 0 amide bonds. The van der Waals surface area contributed by atoms with Crippen molar-refractivity contribution >= 4 is 0 Å². The second kappa shape index (κ2) is 9.75. The zero-order valence-corrected chi connectivity index (χ0v) is 9.08. The summed E-state index contributed by atoms with van der Waals surface area (Å²) in [6.07, 6.45) is 10.1. The van der Waals surface area contributed by atoms with Crippen molar-refractivity contribution in [2.75, 3.05) is 14.2 Å². The van der Waals surface area contributed by atoms with E-state index in [0.29, 0.717) is 0 Å². The highest BCUT2D eigenvalue weighted by atomic mass is 16.7. The maximum atomic E-state index is 5.09. The van der Waals surface area contributed by atoms with Crippen molar-refractivity contribution in [1.82, 2.24) is 0 Å². The molecule has 0 N–H and O–H groups in total. The van der Waals surface area contributed by atoms with E-state index >= 15 is 0 Å². The van der Waals surface area contributed by atoms with Crippen LogP contribution in [-0.4, -0.2) is 20.5 Å². The fraction of sp³-hybridized carbons (Fsp3) is 0.818. The van der Waals surface area contributed by atoms with Gasteiger partial charge in [-0.25, -0.2) is 0 Å². The monoisotopic (exact) mass is 186 g/mol. The van der Waals surface area contributed by atoms with Gasteiger partial charge in [0.2, 0.25) is 0 Å². The van der Waals surface area contributed by atoms with Gasteiger partial charge < -0.3 is 9.47 Å². The first-order valence-electron chi connectivity index (χ1n) is 5.05. The maximum absolute atomic E-state index is 5.09. The zero-order valence-electron chi connectivity index (χ0n) is 9.08. The average molecular weight is 186 g/mol. The van der Waals surface area contributed by atoms with Crippen molar-refractivity contribution in [3.05, 3.63) is 12.2 Å². The van der Waals surface area contributed by atoms with Crippen molar-refractivity contribution < 1.29 is 9.47 Å². The van der Waals surface area contributed by atoms with E-state index in [1.165, 1.54) is 19.3 Å². The lowest BCUT2D eigenvalue weighted by Gasteiger charge is -2.11. The maximum Gasteiger partial charge on any atom is 0.156 e. The Morgan fingerprint density at radius 2 is 1.77 bits per heavy atom. The topological polar surface area (TPSA) is 18.5 Å². The third-order valence-electron chi connectivity index (χ3n) is 1.99. The minimum Gasteiger partial charge on any atom is -0.356 e. The molecule has 78 valence electrons. The number of hydrogen-bond donors (Lipinski definition) is 0. The van der Waals surface area contributed by atoms with Crippen LogP contribution in [0, 0.1) is 0 Å². The Labute approximate surface area is 81.9 Å². The van der Waals surface area contributed by atoms with Gasteiger partial charge in [0.15, 0.2) is 6.29 Å². The quantitative estimate of drug-likeness (QED) is 0.329. The first-order chi connectivity index (χ1) is 6.35. The Bertz CT molecular complexity index is 117. The van der Waals surface area contributed by atoms with E-state index in [0.717, 1.165) is 12.8 Å². The molecule has 0 rings (SSSR count). The Balaban J connectivity index is 3.19. The minimum absolute atomic E-state index is 0.0184. The van der Waals surface area contributed by atoms with Crippen LogP contribution in [0.2, 0.25) is 0 Å². The molecular formula is C11H22O2. The van der Waals surface area contributed by atoms with Gasteiger partial charge in [-0.1, -0.05) is 19.1 Å². The van der Waals surface area contributed by atoms with Crippen LogP contribution < -0.4 is 0 Å². The molecule has 0 bridgehead atoms. The summed E-state index contributed by atoms with van der Waals surface area (Å²) in [6.45, 7) is 2.16. The van der Waals surface area contributed by atoms with Gasteiger partial charge in [-0.3, -0.25) is 0 Å². The van der Waals surface area contributed by atoms with E-state index in [1.807, 2.05) is 0 Å². The number of ether oxygens (including phenoxy) is 2. The molecular weight excluding hydrogens is 164 g/mol. The second-order valence-electron chi connectivity index (χ2n) is 3.07. The van der Waals surface area contributed by atoms with Crippen LogP contribution in [0.15, 0.2) is 12.2 Å². The van der Waals surface area contributed by atoms with Crippen LogP contribution in [0.3, 0.4) is 0 Å². The van der Waals surface area contributed by atoms with E-state index in [1.54, 1.807) is 14.2 Å². The second-order valence-corrected chi connectivity index (χ2v) is 3.07. The van der Waals surface area contributed by atoms with Crippen LogP contribution in [0.1, 0.15) is 39.0 Å². The van der Waals surface area contributed by atoms with Crippen LogP contribution in [0.4, 0.5) is 0 Å². The van der Waals surface area contributed by atoms with Gasteiger partial charge in [0.05, 0.1) is 0 Å². The molecule has 0 heterocycles. The zero-order chi connectivity index (χ0) is 9.94. The molecule has 0 spiro atoms. The highest BCUT2D eigenvalue weighted by Gasteiger charge is 2.02. The first kappa shape index (κ1) is 12.7. The molecule has 0 aromatic carbocycles. The SMILES string of the molecule is CC/C=C/CCCCC(OC)OC. The third kappa shape index (κ3) is 8.00. The molecule has 0 unspecified atom stereocenters. The van der Waals surface area contributed by atoms with E-state index in [-0.39, 0.29) is 6.29 Å². The molecule has 2 heteroatoms. The summed E-state index contributed by atoms with van der Waals surface area (Å²) in [5, 5.41) is 0. The number of hydrogen-bond acceptors (Lipinski definition) is 2. The van der Waals surface area contributed by atoms with Gasteiger partial charge in [0.1, 0.15) is 0 Å². The van der Waals surface area contributed by atoms with E-state index < -0.39 is 0 Å². The van der Waals surface area contributed by atoms with E-state index in [2.05, 4.69) is 19.1 Å². The summed E-state index contributed by atoms with van der Waals surface area (Å²) < 4.78 is 10.2. The van der Waals surface area contributed by atoms with Crippen molar-refractivity contribution in [3.8, 4) is 0 Å². The summed E-state index contributed by atoms with van der Waals surface area (Å²) in [5.74, 6) is 0. The van der Waals surface area contributed by atoms with Crippen molar-refractivity contribution in [2.24, 2.45) is 0 Å². The molecule has 0 radical (unpaired) electrons. The summed E-state index contributed by atoms with van der Waals surface area (Å²) >= 11 is 0. The number of methoxy groups -OCH3 is 2. The highest BCUT2D eigenvalue weighted by molar-refractivity contribution is 4.79. The largest absolute Gasteiger partial charge is 0.356 e. The van der Waals surface area contributed by atoms with Gasteiger partial charge in [-0.05, 0) is 32.1 Å². The lowest BCUT2D eigenvalue weighted by molar-refractivity contribution is -0.107. The van der Waals surface area contributed by atoms with Crippen molar-refractivity contribution in [1.29, 1.82) is 0 Å². The normalized spacial score (nSPS) is 11.7. The molecule has 0 aliphatic rings. The predicted molar refractivity (Wildman–Crippen MR) is 55.7 cm³/mol. The molecule has 13 heavy (non-hydrogen) atoms. The summed E-state index contributed by atoms with van der Waals surface area (Å²) in [7, 11) is 3.37. The van der Waals surface area contributed by atoms with E-state index in [9.17, 15) is 0 Å². The standard InChI is InChI=1S/C11H22O2/c1-4-5-6-7-8-9-10-11(12-2)13-3/h5-6,11H,4,7-10H2,1-3H3/b6-5+. The highest BCUT2D eigenvalue weighted by Crippen LogP contribution is 2.07. The Morgan fingerprint density at radius 1 is 1.08 bits per heavy atom. The molecule has 0 aromatic rings. The lowest BCUT2D eigenvalue weighted by Crippen LogP contribution is -2.12. The summed E-state index contributed by atoms with van der Waals surface area (Å²) in [4.78, 5) is 0. The fourth-order valence-corrected chi connectivity index (χ4v) is 1.19. The molecule has 0 aromatic heterocycles. The average Bonchev–Trinajstić information content (AvgIpc) is 2.17. The third-order valence-corrected chi connectivity index (χ3v) is 1.99. The van der Waals surface area contributed by atoms with Gasteiger partial charge in [-0.15, -0.1) is 0 Å². The Morgan fingerprint density at radius 3 is 2.31 bits per heavy atom. The number of unbranched alkanes of at least 4 members (excludes halogenated alkanes) is 2. The van der Waals surface area contributed by atoms with E-state index in [4.69, 9.17) is 9.47 Å². The van der Waals surface area contributed by atoms with Gasteiger partial charge in [-0.2, -0.15) is 0 Å². The molecule has 0 fully saturated rings. The summed E-state index contributed by atoms with van der Waals surface area (Å²) in [6, 6.07) is 0. The van der Waals surface area contributed by atoms with Crippen molar-refractivity contribution in [2.45, 2.75) is 45.3 Å². The lowest BCUT2D eigenvalue weighted by atomic mass is 10.2. The smallest absolute Gasteiger partial charge is 0.156 e. The number of rotatable bonds is 8. The van der Waals surface area contributed by atoms with Crippen LogP contribution >= 0.6 is 0 Å². The molecule has 0 aliphatic heterocycles. The first-order valence-corrected chi connectivity index (χ1v) is 5.05. The molecule has 0 atom stereocenters. The molecule has 0 aliphatic carbocycles. The Kier molecular flexibility index (Phi) is 9.49. The Hall–Kier alpha value is -0.340. The predicted octanol–water partition coefficient (Wildman–Crippen LogP) is 3.13.